The smallest absolute Gasteiger partial charge is 0.158 e. The van der Waals surface area contributed by atoms with E-state index in [4.69, 9.17) is 10.00 Å². The van der Waals surface area contributed by atoms with E-state index in [-0.39, 0.29) is 0 Å². The minimum atomic E-state index is 0.344. The van der Waals surface area contributed by atoms with Crippen LogP contribution in [0.4, 0.5) is 5.82 Å². The summed E-state index contributed by atoms with van der Waals surface area (Å²) in [7, 11) is 1.73. The molecule has 0 spiro atoms. The first-order chi connectivity index (χ1) is 8.28. The van der Waals surface area contributed by atoms with Crippen molar-refractivity contribution in [3.63, 3.8) is 0 Å². The molecule has 90 valence electrons. The van der Waals surface area contributed by atoms with Gasteiger partial charge in [-0.1, -0.05) is 0 Å². The van der Waals surface area contributed by atoms with Gasteiger partial charge >= 0.3 is 0 Å². The third kappa shape index (κ3) is 3.14. The largest absolute Gasteiger partial charge is 0.385 e. The first-order valence-electron chi connectivity index (χ1n) is 5.73. The fourth-order valence-electron chi connectivity index (χ4n) is 1.77. The first-order valence-corrected chi connectivity index (χ1v) is 5.73. The summed E-state index contributed by atoms with van der Waals surface area (Å²) in [6.07, 6.45) is 6.66. The molecule has 17 heavy (non-hydrogen) atoms. The average Bonchev–Trinajstić information content (AvgIpc) is 3.15. The summed E-state index contributed by atoms with van der Waals surface area (Å²) in [6.45, 7) is 1.71. The van der Waals surface area contributed by atoms with Crippen LogP contribution in [0, 0.1) is 16.7 Å². The molecular weight excluding hydrogens is 216 g/mol. The maximum atomic E-state index is 8.61. The molecule has 1 aliphatic carbocycles. The molecule has 1 saturated carbocycles. The average molecular weight is 232 g/mol. The van der Waals surface area contributed by atoms with E-state index in [2.05, 4.69) is 15.3 Å². The number of nitrogens with one attached hydrogen (secondary N) is 1. The normalized spacial score (nSPS) is 16.2. The van der Waals surface area contributed by atoms with Gasteiger partial charge in [0, 0.05) is 20.3 Å². The maximum Gasteiger partial charge on any atom is 0.158 e. The molecule has 0 saturated heterocycles. The van der Waals surface area contributed by atoms with Crippen LogP contribution in [0.1, 0.15) is 25.0 Å². The molecule has 0 amide bonds. The number of methoxy groups -OCH3 is 1. The fraction of sp³-hybridized carbons (Fsp3) is 0.583. The van der Waals surface area contributed by atoms with Crippen molar-refractivity contribution in [2.75, 3.05) is 25.6 Å². The number of ether oxygens (including phenoxy) is 1. The van der Waals surface area contributed by atoms with Gasteiger partial charge in [0.2, 0.25) is 0 Å². The van der Waals surface area contributed by atoms with E-state index < -0.39 is 0 Å². The molecule has 0 aromatic carbocycles. The van der Waals surface area contributed by atoms with Gasteiger partial charge in [0.1, 0.15) is 11.9 Å². The van der Waals surface area contributed by atoms with E-state index in [1.807, 2.05) is 6.07 Å². The Morgan fingerprint density at radius 2 is 2.29 bits per heavy atom. The van der Waals surface area contributed by atoms with Crippen LogP contribution in [0.2, 0.25) is 0 Å². The zero-order chi connectivity index (χ0) is 12.1. The Kier molecular flexibility index (Phi) is 3.55. The van der Waals surface area contributed by atoms with Crippen molar-refractivity contribution < 1.29 is 4.74 Å². The highest BCUT2D eigenvalue weighted by molar-refractivity contribution is 5.33. The Morgan fingerprint density at radius 3 is 2.82 bits per heavy atom. The van der Waals surface area contributed by atoms with Gasteiger partial charge in [-0.2, -0.15) is 5.26 Å². The number of nitriles is 1. The fourth-order valence-corrected chi connectivity index (χ4v) is 1.77. The van der Waals surface area contributed by atoms with E-state index in [1.165, 1.54) is 19.0 Å². The molecule has 5 nitrogen and oxygen atoms in total. The van der Waals surface area contributed by atoms with Gasteiger partial charge in [-0.3, -0.25) is 0 Å². The number of aromatic nitrogens is 2. The monoisotopic (exact) mass is 232 g/mol. The van der Waals surface area contributed by atoms with Crippen molar-refractivity contribution in [3.05, 3.63) is 18.1 Å². The number of anilines is 1. The van der Waals surface area contributed by atoms with E-state index in [1.54, 1.807) is 13.3 Å². The van der Waals surface area contributed by atoms with Crippen LogP contribution in [0.5, 0.6) is 0 Å². The molecule has 5 heteroatoms. The highest BCUT2D eigenvalue weighted by Crippen LogP contribution is 2.48. The van der Waals surface area contributed by atoms with Crippen LogP contribution in [0.3, 0.4) is 0 Å². The van der Waals surface area contributed by atoms with Crippen molar-refractivity contribution in [1.29, 1.82) is 5.26 Å². The summed E-state index contributed by atoms with van der Waals surface area (Å²) in [5, 5.41) is 11.9. The van der Waals surface area contributed by atoms with Crippen LogP contribution in [0.25, 0.3) is 0 Å². The molecule has 0 aliphatic heterocycles. The third-order valence-electron chi connectivity index (χ3n) is 3.20. The van der Waals surface area contributed by atoms with Gasteiger partial charge < -0.3 is 10.1 Å². The lowest BCUT2D eigenvalue weighted by molar-refractivity contribution is 0.175. The summed E-state index contributed by atoms with van der Waals surface area (Å²) < 4.78 is 5.11. The molecular formula is C12H16N4O. The maximum absolute atomic E-state index is 8.61. The van der Waals surface area contributed by atoms with Gasteiger partial charge in [0.15, 0.2) is 5.69 Å². The number of nitrogens with zero attached hydrogens (tertiary/aromatic N) is 3. The molecule has 1 aliphatic rings. The predicted octanol–water partition coefficient (Wildman–Crippen LogP) is 1.58. The summed E-state index contributed by atoms with van der Waals surface area (Å²) in [5.74, 6) is 0.729. The Hall–Kier alpha value is -1.67. The lowest BCUT2D eigenvalue weighted by atomic mass is 10.0. The first kappa shape index (κ1) is 11.8. The number of hydrogen-bond acceptors (Lipinski definition) is 5. The summed E-state index contributed by atoms with van der Waals surface area (Å²) in [5.41, 5.74) is 0.724. The summed E-state index contributed by atoms with van der Waals surface area (Å²) in [4.78, 5) is 8.10. The van der Waals surface area contributed by atoms with E-state index in [0.29, 0.717) is 11.1 Å². The van der Waals surface area contributed by atoms with E-state index >= 15 is 0 Å². The Bertz CT molecular complexity index is 406. The Balaban J connectivity index is 1.83. The lowest BCUT2D eigenvalue weighted by Gasteiger charge is -2.15. The molecule has 1 aromatic heterocycles. The topological polar surface area (TPSA) is 70.8 Å². The lowest BCUT2D eigenvalue weighted by Crippen LogP contribution is -2.18. The quantitative estimate of drug-likeness (QED) is 0.806. The highest BCUT2D eigenvalue weighted by Gasteiger charge is 2.41. The van der Waals surface area contributed by atoms with Crippen molar-refractivity contribution in [1.82, 2.24) is 9.97 Å². The molecule has 0 radical (unpaired) electrons. The second-order valence-electron chi connectivity index (χ2n) is 4.50. The van der Waals surface area contributed by atoms with Gasteiger partial charge in [-0.15, -0.1) is 0 Å². The van der Waals surface area contributed by atoms with E-state index in [0.717, 1.165) is 25.4 Å². The number of rotatable bonds is 6. The summed E-state index contributed by atoms with van der Waals surface area (Å²) >= 11 is 0. The van der Waals surface area contributed by atoms with Gasteiger partial charge in [-0.05, 0) is 24.7 Å². The summed E-state index contributed by atoms with van der Waals surface area (Å²) in [6, 6.07) is 1.95. The molecule has 0 bridgehead atoms. The van der Waals surface area contributed by atoms with Crippen LogP contribution >= 0.6 is 0 Å². The van der Waals surface area contributed by atoms with Crippen molar-refractivity contribution in [2.45, 2.75) is 19.3 Å². The second kappa shape index (κ2) is 5.11. The van der Waals surface area contributed by atoms with Gasteiger partial charge in [0.05, 0.1) is 12.4 Å². The standard InChI is InChI=1S/C12H16N4O/c1-17-5-4-12(2-3-12)9-16-11-8-14-10(6-13)7-15-11/h7-8H,2-5,9H2,1H3,(H,15,16). The molecule has 1 fully saturated rings. The van der Waals surface area contributed by atoms with Crippen LogP contribution in [0.15, 0.2) is 12.4 Å². The van der Waals surface area contributed by atoms with Crippen molar-refractivity contribution >= 4 is 5.82 Å². The predicted molar refractivity (Wildman–Crippen MR) is 63.4 cm³/mol. The van der Waals surface area contributed by atoms with Gasteiger partial charge in [-0.25, -0.2) is 9.97 Å². The van der Waals surface area contributed by atoms with Gasteiger partial charge in [0.25, 0.3) is 0 Å². The Labute approximate surface area is 101 Å². The van der Waals surface area contributed by atoms with Crippen molar-refractivity contribution in [2.24, 2.45) is 5.41 Å². The Morgan fingerprint density at radius 1 is 1.47 bits per heavy atom. The van der Waals surface area contributed by atoms with Crippen molar-refractivity contribution in [3.8, 4) is 6.07 Å². The molecule has 1 aromatic rings. The number of hydrogen-bond donors (Lipinski definition) is 1. The third-order valence-corrected chi connectivity index (χ3v) is 3.20. The molecule has 1 heterocycles. The molecule has 0 atom stereocenters. The van der Waals surface area contributed by atoms with Crippen LogP contribution < -0.4 is 5.32 Å². The minimum Gasteiger partial charge on any atom is -0.385 e. The SMILES string of the molecule is COCCC1(CNc2cnc(C#N)cn2)CC1. The highest BCUT2D eigenvalue weighted by atomic mass is 16.5. The molecule has 1 N–H and O–H groups in total. The molecule has 2 rings (SSSR count). The second-order valence-corrected chi connectivity index (χ2v) is 4.50. The van der Waals surface area contributed by atoms with Crippen LogP contribution in [-0.4, -0.2) is 30.2 Å². The van der Waals surface area contributed by atoms with E-state index in [9.17, 15) is 0 Å². The molecule has 0 unspecified atom stereocenters. The zero-order valence-electron chi connectivity index (χ0n) is 9.94. The minimum absolute atomic E-state index is 0.344. The van der Waals surface area contributed by atoms with Crippen LogP contribution in [-0.2, 0) is 4.74 Å². The zero-order valence-corrected chi connectivity index (χ0v) is 9.94.